The molecule has 0 fully saturated rings. The number of hydrogen-bond acceptors (Lipinski definition) is 6. The maximum Gasteiger partial charge on any atom is 0.359 e. The number of rotatable bonds is 6. The van der Waals surface area contributed by atoms with Crippen molar-refractivity contribution in [2.24, 2.45) is 0 Å². The summed E-state index contributed by atoms with van der Waals surface area (Å²) in [5.74, 6) is -1.65. The van der Waals surface area contributed by atoms with Gasteiger partial charge in [0.05, 0.1) is 20.0 Å². The Labute approximate surface area is 189 Å². The summed E-state index contributed by atoms with van der Waals surface area (Å²) in [6, 6.07) is 4.32. The van der Waals surface area contributed by atoms with E-state index in [0.717, 1.165) is 10.5 Å². The zero-order valence-corrected chi connectivity index (χ0v) is 19.4. The van der Waals surface area contributed by atoms with Crippen LogP contribution in [0.3, 0.4) is 0 Å². The minimum Gasteiger partial charge on any atom is -0.448 e. The van der Waals surface area contributed by atoms with Gasteiger partial charge < -0.3 is 10.1 Å². The first-order valence-electron chi connectivity index (χ1n) is 8.40. The van der Waals surface area contributed by atoms with Crippen molar-refractivity contribution < 1.29 is 22.7 Å². The van der Waals surface area contributed by atoms with Gasteiger partial charge in [-0.2, -0.15) is 0 Å². The van der Waals surface area contributed by atoms with Gasteiger partial charge in [-0.1, -0.05) is 40.9 Å². The lowest BCUT2D eigenvalue weighted by atomic mass is 10.2. The Morgan fingerprint density at radius 2 is 1.80 bits per heavy atom. The molecule has 12 heteroatoms. The van der Waals surface area contributed by atoms with Gasteiger partial charge in [-0.15, -0.1) is 0 Å². The number of carbonyl (C=O) groups excluding carboxylic acids is 2. The van der Waals surface area contributed by atoms with E-state index in [4.69, 9.17) is 39.5 Å². The molecule has 1 aromatic carbocycles. The third-order valence-electron chi connectivity index (χ3n) is 4.01. The number of ether oxygens (including phenoxy) is 1. The van der Waals surface area contributed by atoms with Crippen LogP contribution in [-0.4, -0.2) is 49.8 Å². The molecule has 0 aliphatic carbocycles. The van der Waals surface area contributed by atoms with Crippen molar-refractivity contribution in [2.75, 3.05) is 19.4 Å². The molecule has 1 atom stereocenters. The molecule has 8 nitrogen and oxygen atoms in total. The Bertz CT molecular complexity index is 1110. The van der Waals surface area contributed by atoms with Gasteiger partial charge in [0.1, 0.15) is 0 Å². The lowest BCUT2D eigenvalue weighted by molar-refractivity contribution is -0.123. The molecule has 2 rings (SSSR count). The SMILES string of the molecule is Cc1ccc(S(=O)(=O)N(C)C)cc1NC(=O)C(C)OC(=O)c1ncc(Cl)c(Cl)c1Cl. The van der Waals surface area contributed by atoms with Gasteiger partial charge in [0.25, 0.3) is 5.91 Å². The van der Waals surface area contributed by atoms with Crippen LogP contribution in [0.15, 0.2) is 29.3 Å². The number of hydrogen-bond donors (Lipinski definition) is 1. The molecular weight excluding hydrogens is 477 g/mol. The van der Waals surface area contributed by atoms with Gasteiger partial charge in [0, 0.05) is 26.0 Å². The third-order valence-corrected chi connectivity index (χ3v) is 7.06. The van der Waals surface area contributed by atoms with Crippen LogP contribution >= 0.6 is 34.8 Å². The summed E-state index contributed by atoms with van der Waals surface area (Å²) in [6.07, 6.45) is -0.102. The Hall–Kier alpha value is -1.91. The van der Waals surface area contributed by atoms with Crippen molar-refractivity contribution in [3.05, 3.63) is 50.7 Å². The second-order valence-electron chi connectivity index (χ2n) is 6.38. The van der Waals surface area contributed by atoms with Crippen molar-refractivity contribution in [3.8, 4) is 0 Å². The first kappa shape index (κ1) is 24.4. The summed E-state index contributed by atoms with van der Waals surface area (Å²) >= 11 is 17.6. The smallest absolute Gasteiger partial charge is 0.359 e. The number of pyridine rings is 1. The average Bonchev–Trinajstić information content (AvgIpc) is 2.67. The highest BCUT2D eigenvalue weighted by Gasteiger charge is 2.25. The Balaban J connectivity index is 2.18. The normalized spacial score (nSPS) is 12.5. The maximum atomic E-state index is 12.5. The van der Waals surface area contributed by atoms with Crippen LogP contribution in [0.2, 0.25) is 15.1 Å². The van der Waals surface area contributed by atoms with Crippen LogP contribution in [0.4, 0.5) is 5.69 Å². The molecule has 1 aromatic heterocycles. The number of halogens is 3. The number of aromatic nitrogens is 1. The lowest BCUT2D eigenvalue weighted by Crippen LogP contribution is -2.30. The summed E-state index contributed by atoms with van der Waals surface area (Å²) in [6.45, 7) is 3.03. The molecule has 1 N–H and O–H groups in total. The molecular formula is C18H18Cl3N3O5S. The first-order chi connectivity index (χ1) is 13.9. The topological polar surface area (TPSA) is 106 Å². The Morgan fingerprint density at radius 3 is 2.40 bits per heavy atom. The number of amides is 1. The zero-order valence-electron chi connectivity index (χ0n) is 16.4. The largest absolute Gasteiger partial charge is 0.448 e. The molecule has 0 saturated carbocycles. The van der Waals surface area contributed by atoms with E-state index in [1.807, 2.05) is 0 Å². The monoisotopic (exact) mass is 493 g/mol. The number of nitrogens with one attached hydrogen (secondary N) is 1. The number of nitrogens with zero attached hydrogens (tertiary/aromatic N) is 2. The van der Waals surface area contributed by atoms with Crippen molar-refractivity contribution in [2.45, 2.75) is 24.8 Å². The predicted octanol–water partition coefficient (Wildman–Crippen LogP) is 3.78. The van der Waals surface area contributed by atoms with Crippen molar-refractivity contribution >= 4 is 62.4 Å². The number of carbonyl (C=O) groups is 2. The van der Waals surface area contributed by atoms with E-state index in [1.54, 1.807) is 13.0 Å². The molecule has 0 aliphatic heterocycles. The summed E-state index contributed by atoms with van der Waals surface area (Å²) in [5, 5.41) is 2.36. The number of esters is 1. The minimum atomic E-state index is -3.69. The van der Waals surface area contributed by atoms with E-state index in [2.05, 4.69) is 10.3 Å². The van der Waals surface area contributed by atoms with E-state index < -0.39 is 28.0 Å². The van der Waals surface area contributed by atoms with Crippen LogP contribution in [0.1, 0.15) is 23.0 Å². The van der Waals surface area contributed by atoms with Gasteiger partial charge in [0.2, 0.25) is 10.0 Å². The minimum absolute atomic E-state index is 0.00448. The second-order valence-corrected chi connectivity index (χ2v) is 9.70. The third kappa shape index (κ3) is 5.22. The molecule has 2 aromatic rings. The zero-order chi connectivity index (χ0) is 22.8. The van der Waals surface area contributed by atoms with Gasteiger partial charge in [0.15, 0.2) is 11.8 Å². The molecule has 1 unspecified atom stereocenters. The molecule has 0 saturated heterocycles. The summed E-state index contributed by atoms with van der Waals surface area (Å²) in [7, 11) is -0.889. The second kappa shape index (κ2) is 9.49. The van der Waals surface area contributed by atoms with Crippen LogP contribution in [0.25, 0.3) is 0 Å². The lowest BCUT2D eigenvalue weighted by Gasteiger charge is -2.17. The van der Waals surface area contributed by atoms with Crippen LogP contribution in [0.5, 0.6) is 0 Å². The standard InChI is InChI=1S/C18H18Cl3N3O5S/c1-9-5-6-11(30(27,28)24(3)4)7-13(9)23-17(25)10(2)29-18(26)16-15(21)14(20)12(19)8-22-16/h5-8,10H,1-4H3,(H,23,25). The van der Waals surface area contributed by atoms with Crippen molar-refractivity contribution in [1.82, 2.24) is 9.29 Å². The maximum absolute atomic E-state index is 12.5. The molecule has 0 radical (unpaired) electrons. The summed E-state index contributed by atoms with van der Waals surface area (Å²) in [4.78, 5) is 28.6. The fourth-order valence-electron chi connectivity index (χ4n) is 2.20. The van der Waals surface area contributed by atoms with Crippen molar-refractivity contribution in [3.63, 3.8) is 0 Å². The quantitative estimate of drug-likeness (QED) is 0.613. The number of sulfonamides is 1. The fourth-order valence-corrected chi connectivity index (χ4v) is 3.68. The van der Waals surface area contributed by atoms with Gasteiger partial charge in [-0.05, 0) is 31.5 Å². The van der Waals surface area contributed by atoms with Crippen molar-refractivity contribution in [1.29, 1.82) is 0 Å². The highest BCUT2D eigenvalue weighted by Crippen LogP contribution is 2.31. The molecule has 30 heavy (non-hydrogen) atoms. The summed E-state index contributed by atoms with van der Waals surface area (Å²) in [5.41, 5.74) is 0.589. The van der Waals surface area contributed by atoms with E-state index in [9.17, 15) is 18.0 Å². The fraction of sp³-hybridized carbons (Fsp3) is 0.278. The number of anilines is 1. The van der Waals surface area contributed by atoms with Crippen LogP contribution in [0, 0.1) is 6.92 Å². The first-order valence-corrected chi connectivity index (χ1v) is 11.0. The average molecular weight is 495 g/mol. The Kier molecular flexibility index (Phi) is 7.70. The molecule has 1 amide bonds. The molecule has 1 heterocycles. The molecule has 0 spiro atoms. The highest BCUT2D eigenvalue weighted by molar-refractivity contribution is 7.89. The number of aryl methyl sites for hydroxylation is 1. The predicted molar refractivity (Wildman–Crippen MR) is 115 cm³/mol. The van der Waals surface area contributed by atoms with Gasteiger partial charge in [-0.25, -0.2) is 22.5 Å². The van der Waals surface area contributed by atoms with Gasteiger partial charge in [-0.3, -0.25) is 4.79 Å². The molecule has 0 bridgehead atoms. The van der Waals surface area contributed by atoms with E-state index in [0.29, 0.717) is 5.56 Å². The van der Waals surface area contributed by atoms with Crippen LogP contribution in [-0.2, 0) is 19.6 Å². The highest BCUT2D eigenvalue weighted by atomic mass is 35.5. The van der Waals surface area contributed by atoms with Gasteiger partial charge >= 0.3 is 5.97 Å². The number of benzene rings is 1. The molecule has 162 valence electrons. The van der Waals surface area contributed by atoms with E-state index in [1.165, 1.54) is 33.2 Å². The summed E-state index contributed by atoms with van der Waals surface area (Å²) < 4.78 is 30.8. The van der Waals surface area contributed by atoms with E-state index in [-0.39, 0.29) is 31.3 Å². The Morgan fingerprint density at radius 1 is 1.17 bits per heavy atom. The van der Waals surface area contributed by atoms with E-state index >= 15 is 0 Å². The molecule has 0 aliphatic rings. The van der Waals surface area contributed by atoms with Crippen LogP contribution < -0.4 is 5.32 Å².